The van der Waals surface area contributed by atoms with Crippen molar-refractivity contribution in [1.82, 2.24) is 4.90 Å². The predicted octanol–water partition coefficient (Wildman–Crippen LogP) is 1.31. The molecule has 1 aromatic rings. The molecule has 0 radical (unpaired) electrons. The highest BCUT2D eigenvalue weighted by Gasteiger charge is 2.29. The minimum absolute atomic E-state index is 0.0600. The van der Waals surface area contributed by atoms with Gasteiger partial charge in [0.15, 0.2) is 0 Å². The molecule has 1 saturated heterocycles. The smallest absolute Gasteiger partial charge is 0.254 e. The maximum Gasteiger partial charge on any atom is 0.254 e. The second-order valence-corrected chi connectivity index (χ2v) is 4.65. The zero-order chi connectivity index (χ0) is 13.3. The third-order valence-electron chi connectivity index (χ3n) is 3.48. The van der Waals surface area contributed by atoms with E-state index < -0.39 is 5.82 Å². The SMILES string of the molecule is Cc1c(N)cc(C(=O)N2CCCC2CO)cc1F. The molecule has 18 heavy (non-hydrogen) atoms. The topological polar surface area (TPSA) is 66.6 Å². The molecule has 5 heteroatoms. The predicted molar refractivity (Wildman–Crippen MR) is 66.7 cm³/mol. The first kappa shape index (κ1) is 12.8. The number of amides is 1. The van der Waals surface area contributed by atoms with E-state index in [1.807, 2.05) is 0 Å². The maximum atomic E-state index is 13.6. The van der Waals surface area contributed by atoms with Crippen LogP contribution in [0.4, 0.5) is 10.1 Å². The van der Waals surface area contributed by atoms with Crippen molar-refractivity contribution in [3.05, 3.63) is 29.1 Å². The van der Waals surface area contributed by atoms with Crippen LogP contribution in [0.2, 0.25) is 0 Å². The molecule has 0 aliphatic carbocycles. The molecule has 1 heterocycles. The van der Waals surface area contributed by atoms with Crippen LogP contribution < -0.4 is 5.73 Å². The van der Waals surface area contributed by atoms with Gasteiger partial charge in [-0.25, -0.2) is 4.39 Å². The lowest BCUT2D eigenvalue weighted by Gasteiger charge is -2.23. The number of aliphatic hydroxyl groups excluding tert-OH is 1. The van der Waals surface area contributed by atoms with E-state index in [9.17, 15) is 14.3 Å². The monoisotopic (exact) mass is 252 g/mol. The van der Waals surface area contributed by atoms with Crippen molar-refractivity contribution in [3.63, 3.8) is 0 Å². The number of nitrogen functional groups attached to an aromatic ring is 1. The maximum absolute atomic E-state index is 13.6. The van der Waals surface area contributed by atoms with Crippen LogP contribution in [-0.2, 0) is 0 Å². The quantitative estimate of drug-likeness (QED) is 0.780. The van der Waals surface area contributed by atoms with Crippen molar-refractivity contribution < 1.29 is 14.3 Å². The van der Waals surface area contributed by atoms with Crippen molar-refractivity contribution >= 4 is 11.6 Å². The lowest BCUT2D eigenvalue weighted by Crippen LogP contribution is -2.37. The zero-order valence-corrected chi connectivity index (χ0v) is 10.3. The molecule has 1 aliphatic rings. The first-order valence-electron chi connectivity index (χ1n) is 6.02. The van der Waals surface area contributed by atoms with Gasteiger partial charge in [-0.3, -0.25) is 4.79 Å². The van der Waals surface area contributed by atoms with Gasteiger partial charge in [-0.2, -0.15) is 0 Å². The lowest BCUT2D eigenvalue weighted by molar-refractivity contribution is 0.0677. The number of carbonyl (C=O) groups is 1. The van der Waals surface area contributed by atoms with Crippen LogP contribution in [0, 0.1) is 12.7 Å². The summed E-state index contributed by atoms with van der Waals surface area (Å²) in [6, 6.07) is 2.54. The fourth-order valence-corrected chi connectivity index (χ4v) is 2.28. The molecular weight excluding hydrogens is 235 g/mol. The summed E-state index contributed by atoms with van der Waals surface area (Å²) in [6.07, 6.45) is 1.65. The van der Waals surface area contributed by atoms with Crippen LogP contribution in [-0.4, -0.2) is 35.1 Å². The number of carbonyl (C=O) groups excluding carboxylic acids is 1. The van der Waals surface area contributed by atoms with E-state index in [2.05, 4.69) is 0 Å². The van der Waals surface area contributed by atoms with Crippen LogP contribution in [0.5, 0.6) is 0 Å². The van der Waals surface area contributed by atoms with Crippen LogP contribution in [0.1, 0.15) is 28.8 Å². The lowest BCUT2D eigenvalue weighted by atomic mass is 10.1. The van der Waals surface area contributed by atoms with Crippen LogP contribution in [0.25, 0.3) is 0 Å². The number of rotatable bonds is 2. The third kappa shape index (κ3) is 2.18. The van der Waals surface area contributed by atoms with E-state index in [-0.39, 0.29) is 29.8 Å². The van der Waals surface area contributed by atoms with Crippen molar-refractivity contribution in [3.8, 4) is 0 Å². The third-order valence-corrected chi connectivity index (χ3v) is 3.48. The van der Waals surface area contributed by atoms with Gasteiger partial charge >= 0.3 is 0 Å². The largest absolute Gasteiger partial charge is 0.398 e. The number of likely N-dealkylation sites (tertiary alicyclic amines) is 1. The number of nitrogens with two attached hydrogens (primary N) is 1. The van der Waals surface area contributed by atoms with Gasteiger partial charge in [-0.15, -0.1) is 0 Å². The number of anilines is 1. The van der Waals surface area contributed by atoms with Crippen LogP contribution in [0.3, 0.4) is 0 Å². The molecule has 1 fully saturated rings. The molecule has 4 nitrogen and oxygen atoms in total. The molecule has 0 saturated carbocycles. The first-order valence-corrected chi connectivity index (χ1v) is 6.02. The van der Waals surface area contributed by atoms with E-state index in [0.29, 0.717) is 12.1 Å². The molecule has 1 amide bonds. The van der Waals surface area contributed by atoms with E-state index in [0.717, 1.165) is 12.8 Å². The Balaban J connectivity index is 2.29. The molecule has 1 aromatic carbocycles. The Morgan fingerprint density at radius 2 is 2.33 bits per heavy atom. The molecule has 3 N–H and O–H groups in total. The summed E-state index contributed by atoms with van der Waals surface area (Å²) < 4.78 is 13.6. The normalized spacial score (nSPS) is 19.3. The summed E-state index contributed by atoms with van der Waals surface area (Å²) in [4.78, 5) is 13.8. The van der Waals surface area contributed by atoms with Gasteiger partial charge in [0.25, 0.3) is 5.91 Å². The minimum atomic E-state index is -0.474. The number of hydrogen-bond acceptors (Lipinski definition) is 3. The molecule has 0 aromatic heterocycles. The molecule has 0 spiro atoms. The molecule has 1 aliphatic heterocycles. The Morgan fingerprint density at radius 1 is 1.61 bits per heavy atom. The molecule has 2 rings (SSSR count). The average Bonchev–Trinajstić information content (AvgIpc) is 2.82. The van der Waals surface area contributed by atoms with Crippen molar-refractivity contribution in [2.24, 2.45) is 0 Å². The molecule has 1 atom stereocenters. The summed E-state index contributed by atoms with van der Waals surface area (Å²) in [5, 5.41) is 9.19. The van der Waals surface area contributed by atoms with E-state index in [1.165, 1.54) is 12.1 Å². The minimum Gasteiger partial charge on any atom is -0.398 e. The Hall–Kier alpha value is -1.62. The highest BCUT2D eigenvalue weighted by Crippen LogP contribution is 2.23. The zero-order valence-electron chi connectivity index (χ0n) is 10.3. The number of hydrogen-bond donors (Lipinski definition) is 2. The second-order valence-electron chi connectivity index (χ2n) is 4.65. The van der Waals surface area contributed by atoms with Gasteiger partial charge in [-0.1, -0.05) is 0 Å². The summed E-state index contributed by atoms with van der Waals surface area (Å²) >= 11 is 0. The number of halogens is 1. The number of aliphatic hydroxyl groups is 1. The fraction of sp³-hybridized carbons (Fsp3) is 0.462. The second kappa shape index (κ2) is 4.94. The number of nitrogens with zero attached hydrogens (tertiary/aromatic N) is 1. The standard InChI is InChI=1S/C13H17FN2O2/c1-8-11(14)5-9(6-12(8)15)13(18)16-4-2-3-10(16)7-17/h5-6,10,17H,2-4,7,15H2,1H3. The van der Waals surface area contributed by atoms with Gasteiger partial charge in [0.1, 0.15) is 5.82 Å². The van der Waals surface area contributed by atoms with Gasteiger partial charge in [-0.05, 0) is 31.9 Å². The van der Waals surface area contributed by atoms with Crippen molar-refractivity contribution in [2.75, 3.05) is 18.9 Å². The highest BCUT2D eigenvalue weighted by molar-refractivity contribution is 5.95. The summed E-state index contributed by atoms with van der Waals surface area (Å²) in [5.41, 5.74) is 6.54. The summed E-state index contributed by atoms with van der Waals surface area (Å²) in [5.74, 6) is -0.741. The van der Waals surface area contributed by atoms with E-state index in [1.54, 1.807) is 11.8 Å². The Labute approximate surface area is 105 Å². The summed E-state index contributed by atoms with van der Waals surface area (Å²) in [6.45, 7) is 2.11. The van der Waals surface area contributed by atoms with Crippen molar-refractivity contribution in [1.29, 1.82) is 0 Å². The van der Waals surface area contributed by atoms with Crippen molar-refractivity contribution in [2.45, 2.75) is 25.8 Å². The van der Waals surface area contributed by atoms with E-state index in [4.69, 9.17) is 5.73 Å². The Bertz CT molecular complexity index is 453. The Morgan fingerprint density at radius 3 is 2.94 bits per heavy atom. The molecule has 0 bridgehead atoms. The van der Waals surface area contributed by atoms with E-state index >= 15 is 0 Å². The fourth-order valence-electron chi connectivity index (χ4n) is 2.28. The van der Waals surface area contributed by atoms with Crippen LogP contribution in [0.15, 0.2) is 12.1 Å². The summed E-state index contributed by atoms with van der Waals surface area (Å²) in [7, 11) is 0. The van der Waals surface area contributed by atoms with Crippen LogP contribution >= 0.6 is 0 Å². The van der Waals surface area contributed by atoms with Gasteiger partial charge in [0.2, 0.25) is 0 Å². The number of benzene rings is 1. The van der Waals surface area contributed by atoms with Gasteiger partial charge in [0, 0.05) is 23.4 Å². The van der Waals surface area contributed by atoms with Gasteiger partial charge < -0.3 is 15.7 Å². The first-order chi connectivity index (χ1) is 8.54. The van der Waals surface area contributed by atoms with Gasteiger partial charge in [0.05, 0.1) is 12.6 Å². The molecular formula is C13H17FN2O2. The Kier molecular flexibility index (Phi) is 3.52. The molecule has 98 valence electrons. The average molecular weight is 252 g/mol. The highest BCUT2D eigenvalue weighted by atomic mass is 19.1. The molecule has 1 unspecified atom stereocenters.